The van der Waals surface area contributed by atoms with Crippen LogP contribution in [-0.2, 0) is 24.2 Å². The van der Waals surface area contributed by atoms with Crippen LogP contribution >= 0.6 is 36.2 Å². The molecule has 0 saturated carbocycles. The molecule has 1 aromatic carbocycles. The first-order valence-corrected chi connectivity index (χ1v) is 9.74. The van der Waals surface area contributed by atoms with E-state index in [-0.39, 0.29) is 30.7 Å². The molecule has 0 spiro atoms. The van der Waals surface area contributed by atoms with Gasteiger partial charge in [0.1, 0.15) is 5.01 Å². The molecule has 0 radical (unpaired) electrons. The van der Waals surface area contributed by atoms with Gasteiger partial charge in [-0.15, -0.1) is 35.0 Å². The van der Waals surface area contributed by atoms with E-state index in [1.54, 1.807) is 6.33 Å². The first-order chi connectivity index (χ1) is 13.0. The molecule has 158 valence electrons. The molecule has 0 fully saturated rings. The van der Waals surface area contributed by atoms with Gasteiger partial charge in [-0.1, -0.05) is 55.5 Å². The molecule has 3 N–H and O–H groups in total. The van der Waals surface area contributed by atoms with Crippen molar-refractivity contribution in [1.29, 1.82) is 0 Å². The van der Waals surface area contributed by atoms with Crippen LogP contribution in [0.5, 0.6) is 0 Å². The summed E-state index contributed by atoms with van der Waals surface area (Å²) in [6, 6.07) is 9.44. The lowest BCUT2D eigenvalue weighted by Gasteiger charge is -2.08. The number of nitrogens with one attached hydrogen (secondary N) is 1. The second-order valence-electron chi connectivity index (χ2n) is 6.92. The zero-order valence-electron chi connectivity index (χ0n) is 16.3. The van der Waals surface area contributed by atoms with Gasteiger partial charge in [-0.2, -0.15) is 0 Å². The minimum absolute atomic E-state index is 0. The summed E-state index contributed by atoms with van der Waals surface area (Å²) in [5.41, 5.74) is 8.02. The number of carbonyl (C=O) groups is 1. The minimum atomic E-state index is -0.692. The van der Waals surface area contributed by atoms with E-state index < -0.39 is 6.04 Å². The van der Waals surface area contributed by atoms with Crippen LogP contribution in [0.1, 0.15) is 30.1 Å². The Hall–Kier alpha value is -2.00. The number of amides is 1. The molecule has 0 saturated heterocycles. The van der Waals surface area contributed by atoms with Crippen molar-refractivity contribution in [1.82, 2.24) is 19.7 Å². The van der Waals surface area contributed by atoms with Gasteiger partial charge in [0.05, 0.1) is 18.1 Å². The van der Waals surface area contributed by atoms with Crippen molar-refractivity contribution in [3.63, 3.8) is 0 Å². The Morgan fingerprint density at radius 2 is 1.90 bits per heavy atom. The molecule has 1 amide bonds. The molecular weight excluding hydrogens is 431 g/mol. The minimum Gasteiger partial charge on any atom is -0.333 e. The average molecular weight is 457 g/mol. The lowest BCUT2D eigenvalue weighted by Crippen LogP contribution is -2.37. The van der Waals surface area contributed by atoms with E-state index in [1.165, 1.54) is 16.9 Å². The average Bonchev–Trinajstić information content (AvgIpc) is 3.24. The molecule has 3 aromatic rings. The van der Waals surface area contributed by atoms with Crippen molar-refractivity contribution in [2.45, 2.75) is 39.3 Å². The largest absolute Gasteiger partial charge is 0.333 e. The summed E-state index contributed by atoms with van der Waals surface area (Å²) in [4.78, 5) is 16.7. The van der Waals surface area contributed by atoms with Crippen LogP contribution in [0.25, 0.3) is 0 Å². The van der Waals surface area contributed by atoms with Crippen LogP contribution in [0, 0.1) is 5.92 Å². The summed E-state index contributed by atoms with van der Waals surface area (Å²) >= 11 is 1.39. The van der Waals surface area contributed by atoms with Crippen molar-refractivity contribution in [3.8, 4) is 0 Å². The molecule has 1 atom stereocenters. The first kappa shape index (κ1) is 25.0. The van der Waals surface area contributed by atoms with Gasteiger partial charge in [-0.3, -0.25) is 10.1 Å². The fourth-order valence-corrected chi connectivity index (χ4v) is 3.60. The van der Waals surface area contributed by atoms with E-state index in [4.69, 9.17) is 5.73 Å². The van der Waals surface area contributed by atoms with Gasteiger partial charge in [-0.05, 0) is 11.5 Å². The quantitative estimate of drug-likeness (QED) is 0.541. The second-order valence-corrected chi connectivity index (χ2v) is 7.98. The van der Waals surface area contributed by atoms with Crippen molar-refractivity contribution >= 4 is 47.2 Å². The SMILES string of the molecule is CC(C)Cc1nnc(NC(=O)[C@@H](N)Cc2cn(Cc3ccccc3)cn2)s1.Cl.Cl. The number of halogens is 2. The van der Waals surface area contributed by atoms with Crippen LogP contribution in [0.4, 0.5) is 5.13 Å². The third kappa shape index (κ3) is 7.74. The Kier molecular flexibility index (Phi) is 10.2. The van der Waals surface area contributed by atoms with Gasteiger partial charge in [-0.25, -0.2) is 4.98 Å². The number of nitrogens with zero attached hydrogens (tertiary/aromatic N) is 4. The van der Waals surface area contributed by atoms with Gasteiger partial charge in [0.15, 0.2) is 0 Å². The zero-order valence-corrected chi connectivity index (χ0v) is 18.8. The first-order valence-electron chi connectivity index (χ1n) is 8.93. The molecule has 3 rings (SSSR count). The van der Waals surface area contributed by atoms with E-state index in [1.807, 2.05) is 29.0 Å². The molecule has 0 unspecified atom stereocenters. The number of carbonyl (C=O) groups excluding carboxylic acids is 1. The van der Waals surface area contributed by atoms with Crippen LogP contribution in [0.3, 0.4) is 0 Å². The summed E-state index contributed by atoms with van der Waals surface area (Å²) in [5, 5.41) is 12.3. The fraction of sp³-hybridized carbons (Fsp3) is 0.368. The Morgan fingerprint density at radius 1 is 1.17 bits per heavy atom. The molecule has 2 heterocycles. The van der Waals surface area contributed by atoms with E-state index in [0.29, 0.717) is 17.5 Å². The highest BCUT2D eigenvalue weighted by Crippen LogP contribution is 2.18. The summed E-state index contributed by atoms with van der Waals surface area (Å²) in [6.07, 6.45) is 4.89. The van der Waals surface area contributed by atoms with Gasteiger partial charge in [0, 0.05) is 25.6 Å². The molecule has 0 aliphatic heterocycles. The van der Waals surface area contributed by atoms with E-state index in [2.05, 4.69) is 46.5 Å². The maximum Gasteiger partial charge on any atom is 0.243 e. The Labute approximate surface area is 187 Å². The third-order valence-corrected chi connectivity index (χ3v) is 4.80. The van der Waals surface area contributed by atoms with Gasteiger partial charge in [0.2, 0.25) is 11.0 Å². The van der Waals surface area contributed by atoms with Gasteiger partial charge in [0.25, 0.3) is 0 Å². The van der Waals surface area contributed by atoms with E-state index in [9.17, 15) is 4.79 Å². The van der Waals surface area contributed by atoms with Crippen molar-refractivity contribution < 1.29 is 4.79 Å². The maximum absolute atomic E-state index is 12.3. The number of aromatic nitrogens is 4. The number of hydrogen-bond donors (Lipinski definition) is 2. The molecule has 0 aliphatic carbocycles. The molecule has 2 aromatic heterocycles. The molecular formula is C19H26Cl2N6OS. The maximum atomic E-state index is 12.3. The lowest BCUT2D eigenvalue weighted by atomic mass is 10.1. The number of benzene rings is 1. The molecule has 0 bridgehead atoms. The van der Waals surface area contributed by atoms with Crippen LogP contribution in [0.2, 0.25) is 0 Å². The predicted molar refractivity (Wildman–Crippen MR) is 121 cm³/mol. The summed E-state index contributed by atoms with van der Waals surface area (Å²) in [5.74, 6) is 0.217. The lowest BCUT2D eigenvalue weighted by molar-refractivity contribution is -0.117. The zero-order chi connectivity index (χ0) is 19.2. The summed E-state index contributed by atoms with van der Waals surface area (Å²) < 4.78 is 1.98. The molecule has 29 heavy (non-hydrogen) atoms. The molecule has 0 aliphatic rings. The number of rotatable bonds is 8. The standard InChI is InChI=1S/C19H24N6OS.2ClH/c1-13(2)8-17-23-24-19(27-17)22-18(26)16(20)9-15-11-25(12-21-15)10-14-6-4-3-5-7-14;;/h3-7,11-13,16H,8-10,20H2,1-2H3,(H,22,24,26);2*1H/t16-;;/m0../s1. The highest BCUT2D eigenvalue weighted by Gasteiger charge is 2.18. The topological polar surface area (TPSA) is 98.7 Å². The summed E-state index contributed by atoms with van der Waals surface area (Å²) in [6.45, 7) is 4.97. The number of anilines is 1. The Morgan fingerprint density at radius 3 is 2.59 bits per heavy atom. The second kappa shape index (κ2) is 11.9. The number of imidazole rings is 1. The van der Waals surface area contributed by atoms with Crippen LogP contribution < -0.4 is 11.1 Å². The van der Waals surface area contributed by atoms with E-state index in [0.717, 1.165) is 23.7 Å². The van der Waals surface area contributed by atoms with E-state index >= 15 is 0 Å². The molecule has 10 heteroatoms. The number of nitrogens with two attached hydrogens (primary N) is 1. The highest BCUT2D eigenvalue weighted by molar-refractivity contribution is 7.15. The normalized spacial score (nSPS) is 11.4. The van der Waals surface area contributed by atoms with Crippen molar-refractivity contribution in [2.75, 3.05) is 5.32 Å². The highest BCUT2D eigenvalue weighted by atomic mass is 35.5. The van der Waals surface area contributed by atoms with Crippen molar-refractivity contribution in [3.05, 3.63) is 59.1 Å². The van der Waals surface area contributed by atoms with Crippen LogP contribution in [-0.4, -0.2) is 31.7 Å². The monoisotopic (exact) mass is 456 g/mol. The predicted octanol–water partition coefficient (Wildman–Crippen LogP) is 3.33. The molecule has 7 nitrogen and oxygen atoms in total. The fourth-order valence-electron chi connectivity index (χ4n) is 2.64. The van der Waals surface area contributed by atoms with Crippen molar-refractivity contribution in [2.24, 2.45) is 11.7 Å². The van der Waals surface area contributed by atoms with Crippen LogP contribution in [0.15, 0.2) is 42.9 Å². The van der Waals surface area contributed by atoms with Gasteiger partial charge >= 0.3 is 0 Å². The number of hydrogen-bond acceptors (Lipinski definition) is 6. The van der Waals surface area contributed by atoms with Gasteiger partial charge < -0.3 is 10.3 Å². The smallest absolute Gasteiger partial charge is 0.243 e. The Bertz CT molecular complexity index is 884. The third-order valence-electron chi connectivity index (χ3n) is 3.94. The summed E-state index contributed by atoms with van der Waals surface area (Å²) in [7, 11) is 0. The Balaban J connectivity index is 0.00000210.